The molecule has 5 nitrogen and oxygen atoms in total. The number of carbonyl (C=O) groups excluding carboxylic acids is 2. The van der Waals surface area contributed by atoms with Crippen LogP contribution in [-0.2, 0) is 14.3 Å². The van der Waals surface area contributed by atoms with Crippen LogP contribution in [0, 0.1) is 5.92 Å². The van der Waals surface area contributed by atoms with Crippen LogP contribution < -0.4 is 0 Å². The molecule has 0 aliphatic carbocycles. The molecule has 1 unspecified atom stereocenters. The monoisotopic (exact) mass is 293 g/mol. The molecule has 0 N–H and O–H groups in total. The lowest BCUT2D eigenvalue weighted by atomic mass is 10.0. The van der Waals surface area contributed by atoms with Crippen LogP contribution in [0.4, 0.5) is 4.79 Å². The lowest BCUT2D eigenvalue weighted by Gasteiger charge is -2.19. The standard InChI is InChI=1S/C10H16BrNO4/c1-15-7-8(3-2-4-11)9(13)12-5-6-16-10(12)14/h8H,2-7H2,1H3. The minimum Gasteiger partial charge on any atom is -0.447 e. The molecule has 0 aromatic carbocycles. The Morgan fingerprint density at radius 3 is 2.94 bits per heavy atom. The number of imide groups is 1. The molecule has 16 heavy (non-hydrogen) atoms. The van der Waals surface area contributed by atoms with Crippen LogP contribution in [-0.4, -0.2) is 49.1 Å². The Morgan fingerprint density at radius 1 is 1.69 bits per heavy atom. The van der Waals surface area contributed by atoms with E-state index in [1.807, 2.05) is 0 Å². The van der Waals surface area contributed by atoms with Gasteiger partial charge in [-0.05, 0) is 12.8 Å². The van der Waals surface area contributed by atoms with Gasteiger partial charge in [0.25, 0.3) is 0 Å². The third kappa shape index (κ3) is 3.45. The highest BCUT2D eigenvalue weighted by Gasteiger charge is 2.33. The number of rotatable bonds is 6. The zero-order valence-corrected chi connectivity index (χ0v) is 10.9. The number of halogens is 1. The molecule has 1 saturated heterocycles. The molecule has 0 aromatic heterocycles. The van der Waals surface area contributed by atoms with Gasteiger partial charge in [-0.3, -0.25) is 4.79 Å². The largest absolute Gasteiger partial charge is 0.447 e. The molecule has 1 fully saturated rings. The average molecular weight is 294 g/mol. The number of alkyl halides is 1. The lowest BCUT2D eigenvalue weighted by molar-refractivity contribution is -0.133. The third-order valence-electron chi connectivity index (χ3n) is 2.43. The minimum absolute atomic E-state index is 0.190. The van der Waals surface area contributed by atoms with Gasteiger partial charge in [-0.2, -0.15) is 0 Å². The van der Waals surface area contributed by atoms with Crippen LogP contribution in [0.25, 0.3) is 0 Å². The van der Waals surface area contributed by atoms with Crippen LogP contribution >= 0.6 is 15.9 Å². The highest BCUT2D eigenvalue weighted by molar-refractivity contribution is 9.09. The zero-order valence-electron chi connectivity index (χ0n) is 9.28. The number of methoxy groups -OCH3 is 1. The Hall–Kier alpha value is -0.620. The van der Waals surface area contributed by atoms with E-state index in [9.17, 15) is 9.59 Å². The minimum atomic E-state index is -0.537. The smallest absolute Gasteiger partial charge is 0.416 e. The van der Waals surface area contributed by atoms with Crippen molar-refractivity contribution in [2.75, 3.05) is 32.2 Å². The van der Waals surface area contributed by atoms with Crippen LogP contribution in [0.15, 0.2) is 0 Å². The molecular weight excluding hydrogens is 278 g/mol. The van der Waals surface area contributed by atoms with Crippen molar-refractivity contribution in [3.05, 3.63) is 0 Å². The van der Waals surface area contributed by atoms with Gasteiger partial charge in [-0.25, -0.2) is 9.69 Å². The second-order valence-electron chi connectivity index (χ2n) is 3.59. The molecule has 1 aliphatic rings. The fraction of sp³-hybridized carbons (Fsp3) is 0.800. The third-order valence-corrected chi connectivity index (χ3v) is 2.99. The van der Waals surface area contributed by atoms with Crippen molar-refractivity contribution in [2.24, 2.45) is 5.92 Å². The highest BCUT2D eigenvalue weighted by atomic mass is 79.9. The molecule has 1 atom stereocenters. The van der Waals surface area contributed by atoms with Gasteiger partial charge in [0.05, 0.1) is 19.1 Å². The molecule has 92 valence electrons. The molecule has 0 saturated carbocycles. The second-order valence-corrected chi connectivity index (χ2v) is 4.38. The summed E-state index contributed by atoms with van der Waals surface area (Å²) in [4.78, 5) is 24.4. The molecule has 1 rings (SSSR count). The molecule has 0 radical (unpaired) electrons. The van der Waals surface area contributed by atoms with Crippen molar-refractivity contribution < 1.29 is 19.1 Å². The number of carbonyl (C=O) groups is 2. The summed E-state index contributed by atoms with van der Waals surface area (Å²) in [5.41, 5.74) is 0. The SMILES string of the molecule is COCC(CCCBr)C(=O)N1CCOC1=O. The first-order chi connectivity index (χ1) is 7.70. The molecule has 0 spiro atoms. The van der Waals surface area contributed by atoms with Crippen molar-refractivity contribution in [2.45, 2.75) is 12.8 Å². The maximum absolute atomic E-state index is 12.0. The van der Waals surface area contributed by atoms with Gasteiger partial charge < -0.3 is 9.47 Å². The van der Waals surface area contributed by atoms with E-state index >= 15 is 0 Å². The lowest BCUT2D eigenvalue weighted by Crippen LogP contribution is -2.38. The number of cyclic esters (lactones) is 1. The fourth-order valence-electron chi connectivity index (χ4n) is 1.62. The van der Waals surface area contributed by atoms with E-state index in [1.165, 1.54) is 0 Å². The Morgan fingerprint density at radius 2 is 2.44 bits per heavy atom. The van der Waals surface area contributed by atoms with E-state index in [0.717, 1.165) is 16.7 Å². The summed E-state index contributed by atoms with van der Waals surface area (Å²) in [7, 11) is 1.55. The number of hydrogen-bond acceptors (Lipinski definition) is 4. The van der Waals surface area contributed by atoms with E-state index in [1.54, 1.807) is 7.11 Å². The van der Waals surface area contributed by atoms with E-state index in [-0.39, 0.29) is 11.8 Å². The second kappa shape index (κ2) is 6.85. The Labute approximate surface area is 103 Å². The first kappa shape index (κ1) is 13.4. The Bertz CT molecular complexity index is 259. The quantitative estimate of drug-likeness (QED) is 0.695. The van der Waals surface area contributed by atoms with Gasteiger partial charge >= 0.3 is 6.09 Å². The average Bonchev–Trinajstić information content (AvgIpc) is 2.69. The van der Waals surface area contributed by atoms with Crippen molar-refractivity contribution in [1.82, 2.24) is 4.90 Å². The summed E-state index contributed by atoms with van der Waals surface area (Å²) >= 11 is 3.32. The first-order valence-electron chi connectivity index (χ1n) is 5.23. The van der Waals surface area contributed by atoms with Gasteiger partial charge in [0, 0.05) is 12.4 Å². The van der Waals surface area contributed by atoms with Crippen molar-refractivity contribution in [3.8, 4) is 0 Å². The number of hydrogen-bond donors (Lipinski definition) is 0. The van der Waals surface area contributed by atoms with Gasteiger partial charge in [0.15, 0.2) is 0 Å². The van der Waals surface area contributed by atoms with Crippen molar-refractivity contribution in [3.63, 3.8) is 0 Å². The Balaban J connectivity index is 2.54. The highest BCUT2D eigenvalue weighted by Crippen LogP contribution is 2.15. The number of ether oxygens (including phenoxy) is 2. The van der Waals surface area contributed by atoms with Gasteiger partial charge in [-0.1, -0.05) is 15.9 Å². The van der Waals surface area contributed by atoms with Gasteiger partial charge in [0.2, 0.25) is 5.91 Å². The van der Waals surface area contributed by atoms with E-state index in [2.05, 4.69) is 15.9 Å². The summed E-state index contributed by atoms with van der Waals surface area (Å²) in [6.45, 7) is 0.991. The molecular formula is C10H16BrNO4. The molecule has 0 aromatic rings. The summed E-state index contributed by atoms with van der Waals surface area (Å²) < 4.78 is 9.74. The number of amides is 2. The van der Waals surface area contributed by atoms with E-state index in [0.29, 0.717) is 26.2 Å². The molecule has 2 amide bonds. The predicted molar refractivity (Wildman–Crippen MR) is 61.5 cm³/mol. The zero-order chi connectivity index (χ0) is 12.0. The first-order valence-corrected chi connectivity index (χ1v) is 6.36. The fourth-order valence-corrected chi connectivity index (χ4v) is 1.94. The maximum atomic E-state index is 12.0. The summed E-state index contributed by atoms with van der Waals surface area (Å²) in [5, 5.41) is 0.838. The van der Waals surface area contributed by atoms with Gasteiger partial charge in [-0.15, -0.1) is 0 Å². The van der Waals surface area contributed by atoms with Crippen molar-refractivity contribution in [1.29, 1.82) is 0 Å². The van der Waals surface area contributed by atoms with Crippen LogP contribution in [0.3, 0.4) is 0 Å². The van der Waals surface area contributed by atoms with Crippen LogP contribution in [0.2, 0.25) is 0 Å². The van der Waals surface area contributed by atoms with Crippen molar-refractivity contribution >= 4 is 27.9 Å². The van der Waals surface area contributed by atoms with E-state index < -0.39 is 6.09 Å². The van der Waals surface area contributed by atoms with Crippen LogP contribution in [0.5, 0.6) is 0 Å². The summed E-state index contributed by atoms with van der Waals surface area (Å²) in [5.74, 6) is -0.446. The maximum Gasteiger partial charge on any atom is 0.416 e. The Kier molecular flexibility index (Phi) is 5.76. The molecule has 6 heteroatoms. The number of nitrogens with zero attached hydrogens (tertiary/aromatic N) is 1. The summed E-state index contributed by atoms with van der Waals surface area (Å²) in [6.07, 6.45) is 1.05. The van der Waals surface area contributed by atoms with Gasteiger partial charge in [0.1, 0.15) is 6.61 Å². The summed E-state index contributed by atoms with van der Waals surface area (Å²) in [6, 6.07) is 0. The molecule has 1 aliphatic heterocycles. The van der Waals surface area contributed by atoms with E-state index in [4.69, 9.17) is 9.47 Å². The normalized spacial score (nSPS) is 17.4. The molecule has 0 bridgehead atoms. The molecule has 1 heterocycles. The topological polar surface area (TPSA) is 55.8 Å². The predicted octanol–water partition coefficient (Wildman–Crippen LogP) is 1.40. The van der Waals surface area contributed by atoms with Crippen LogP contribution in [0.1, 0.15) is 12.8 Å².